The molecule has 0 aliphatic rings. The number of rotatable bonds is 5. The van der Waals surface area contributed by atoms with E-state index in [4.69, 9.17) is 16.1 Å². The minimum atomic E-state index is -0.789. The molecular formula is C17H15ClN6O3. The summed E-state index contributed by atoms with van der Waals surface area (Å²) in [6, 6.07) is 6.89. The van der Waals surface area contributed by atoms with Crippen molar-refractivity contribution in [1.29, 1.82) is 0 Å². The highest BCUT2D eigenvalue weighted by Gasteiger charge is 2.15. The zero-order valence-corrected chi connectivity index (χ0v) is 15.0. The van der Waals surface area contributed by atoms with E-state index in [0.29, 0.717) is 27.6 Å². The van der Waals surface area contributed by atoms with Gasteiger partial charge in [0.2, 0.25) is 5.89 Å². The van der Waals surface area contributed by atoms with Gasteiger partial charge in [0.25, 0.3) is 5.56 Å². The predicted molar refractivity (Wildman–Crippen MR) is 96.3 cm³/mol. The van der Waals surface area contributed by atoms with Crippen LogP contribution in [0, 0.1) is 0 Å². The molecule has 0 radical (unpaired) electrons. The van der Waals surface area contributed by atoms with Crippen molar-refractivity contribution in [2.75, 3.05) is 0 Å². The zero-order valence-electron chi connectivity index (χ0n) is 14.3. The zero-order chi connectivity index (χ0) is 19.0. The lowest BCUT2D eigenvalue weighted by Gasteiger charge is -2.08. The summed E-state index contributed by atoms with van der Waals surface area (Å²) in [6.45, 7) is 0.0804. The molecule has 138 valence electrons. The monoisotopic (exact) mass is 386 g/mol. The van der Waals surface area contributed by atoms with Crippen molar-refractivity contribution in [3.05, 3.63) is 69.6 Å². The molecule has 10 heteroatoms. The van der Waals surface area contributed by atoms with Crippen LogP contribution < -0.4 is 5.56 Å². The van der Waals surface area contributed by atoms with E-state index in [1.165, 1.54) is 17.2 Å². The normalized spacial score (nSPS) is 12.6. The maximum atomic E-state index is 12.5. The van der Waals surface area contributed by atoms with Crippen molar-refractivity contribution in [2.24, 2.45) is 7.05 Å². The van der Waals surface area contributed by atoms with Crippen molar-refractivity contribution in [3.63, 3.8) is 0 Å². The van der Waals surface area contributed by atoms with Gasteiger partial charge in [-0.3, -0.25) is 9.36 Å². The molecule has 1 aromatic carbocycles. The molecule has 3 aromatic heterocycles. The highest BCUT2D eigenvalue weighted by molar-refractivity contribution is 6.30. The largest absolute Gasteiger partial charge is 0.388 e. The Morgan fingerprint density at radius 3 is 2.74 bits per heavy atom. The third-order valence-electron chi connectivity index (χ3n) is 4.15. The first-order chi connectivity index (χ1) is 13.0. The van der Waals surface area contributed by atoms with Gasteiger partial charge < -0.3 is 14.2 Å². The molecule has 1 unspecified atom stereocenters. The Bertz CT molecular complexity index is 1150. The highest BCUT2D eigenvalue weighted by Crippen LogP contribution is 2.19. The molecule has 0 spiro atoms. The van der Waals surface area contributed by atoms with E-state index in [-0.39, 0.29) is 24.4 Å². The summed E-state index contributed by atoms with van der Waals surface area (Å²) in [6.07, 6.45) is 2.32. The number of nitrogens with zero attached hydrogens (tertiary/aromatic N) is 6. The van der Waals surface area contributed by atoms with Crippen LogP contribution in [-0.4, -0.2) is 34.3 Å². The second-order valence-corrected chi connectivity index (χ2v) is 6.52. The van der Waals surface area contributed by atoms with Crippen molar-refractivity contribution < 1.29 is 9.63 Å². The van der Waals surface area contributed by atoms with E-state index >= 15 is 0 Å². The minimum Gasteiger partial charge on any atom is -0.388 e. The van der Waals surface area contributed by atoms with Gasteiger partial charge >= 0.3 is 0 Å². The molecule has 0 aliphatic carbocycles. The molecule has 0 aliphatic heterocycles. The lowest BCUT2D eigenvalue weighted by atomic mass is 10.1. The van der Waals surface area contributed by atoms with E-state index in [0.717, 1.165) is 0 Å². The molecule has 0 saturated heterocycles. The van der Waals surface area contributed by atoms with Gasteiger partial charge in [-0.15, -0.1) is 0 Å². The molecule has 3 heterocycles. The van der Waals surface area contributed by atoms with E-state index in [9.17, 15) is 9.90 Å². The van der Waals surface area contributed by atoms with Gasteiger partial charge in [0, 0.05) is 18.5 Å². The van der Waals surface area contributed by atoms with Crippen LogP contribution >= 0.6 is 11.6 Å². The molecule has 4 aromatic rings. The number of hydrogen-bond acceptors (Lipinski definition) is 7. The first-order valence-electron chi connectivity index (χ1n) is 8.12. The van der Waals surface area contributed by atoms with Gasteiger partial charge in [-0.2, -0.15) is 4.98 Å². The molecule has 9 nitrogen and oxygen atoms in total. The van der Waals surface area contributed by atoms with E-state index in [1.807, 2.05) is 0 Å². The Balaban J connectivity index is 1.51. The summed E-state index contributed by atoms with van der Waals surface area (Å²) in [4.78, 5) is 25.0. The van der Waals surface area contributed by atoms with Gasteiger partial charge in [-0.25, -0.2) is 9.97 Å². The molecule has 1 N–H and O–H groups in total. The van der Waals surface area contributed by atoms with Crippen LogP contribution in [0.5, 0.6) is 0 Å². The summed E-state index contributed by atoms with van der Waals surface area (Å²) in [5, 5.41) is 14.8. The first kappa shape index (κ1) is 17.4. The lowest BCUT2D eigenvalue weighted by molar-refractivity contribution is 0.174. The number of aryl methyl sites for hydroxylation is 1. The number of aromatic nitrogens is 6. The van der Waals surface area contributed by atoms with Crippen LogP contribution in [0.3, 0.4) is 0 Å². The van der Waals surface area contributed by atoms with Gasteiger partial charge in [0.05, 0.1) is 12.4 Å². The second-order valence-electron chi connectivity index (χ2n) is 6.08. The SMILES string of the molecule is Cn1cnc2ncn(Cc3nc(CC(O)c4ccc(Cl)cc4)no3)c(=O)c21. The van der Waals surface area contributed by atoms with Crippen LogP contribution in [0.2, 0.25) is 5.02 Å². The smallest absolute Gasteiger partial charge is 0.280 e. The van der Waals surface area contributed by atoms with Crippen LogP contribution in [0.4, 0.5) is 0 Å². The number of benzene rings is 1. The van der Waals surface area contributed by atoms with Gasteiger partial charge in [-0.05, 0) is 17.7 Å². The van der Waals surface area contributed by atoms with Crippen molar-refractivity contribution in [2.45, 2.75) is 19.1 Å². The molecule has 0 amide bonds. The lowest BCUT2D eigenvalue weighted by Crippen LogP contribution is -2.22. The third-order valence-corrected chi connectivity index (χ3v) is 4.40. The fourth-order valence-corrected chi connectivity index (χ4v) is 2.87. The van der Waals surface area contributed by atoms with Crippen molar-refractivity contribution in [1.82, 2.24) is 29.2 Å². The Hall–Kier alpha value is -3.04. The third kappa shape index (κ3) is 3.46. The molecule has 0 saturated carbocycles. The van der Waals surface area contributed by atoms with Crippen LogP contribution in [-0.2, 0) is 20.0 Å². The second kappa shape index (κ2) is 6.93. The highest BCUT2D eigenvalue weighted by atomic mass is 35.5. The van der Waals surface area contributed by atoms with Crippen LogP contribution in [0.1, 0.15) is 23.4 Å². The summed E-state index contributed by atoms with van der Waals surface area (Å²) >= 11 is 5.85. The quantitative estimate of drug-likeness (QED) is 0.553. The first-order valence-corrected chi connectivity index (χ1v) is 8.50. The van der Waals surface area contributed by atoms with Gasteiger partial charge in [0.1, 0.15) is 12.9 Å². The van der Waals surface area contributed by atoms with Crippen LogP contribution in [0.15, 0.2) is 46.2 Å². The van der Waals surface area contributed by atoms with E-state index in [2.05, 4.69) is 20.1 Å². The predicted octanol–water partition coefficient (Wildman–Crippen LogP) is 1.49. The van der Waals surface area contributed by atoms with Crippen molar-refractivity contribution in [3.8, 4) is 0 Å². The Kier molecular flexibility index (Phi) is 4.46. The average molecular weight is 387 g/mol. The molecule has 0 fully saturated rings. The fraction of sp³-hybridized carbons (Fsp3) is 0.235. The van der Waals surface area contributed by atoms with Crippen LogP contribution in [0.25, 0.3) is 11.2 Å². The number of halogens is 1. The maximum absolute atomic E-state index is 12.5. The summed E-state index contributed by atoms with van der Waals surface area (Å²) in [5.41, 5.74) is 1.24. The standard InChI is InChI=1S/C17H15ClN6O3/c1-23-8-19-16-15(23)17(26)24(9-20-16)7-14-21-13(22-27-14)6-12(25)10-2-4-11(18)5-3-10/h2-5,8-9,12,25H,6-7H2,1H3. The Morgan fingerprint density at radius 2 is 1.96 bits per heavy atom. The molecule has 27 heavy (non-hydrogen) atoms. The summed E-state index contributed by atoms with van der Waals surface area (Å²) in [7, 11) is 1.73. The van der Waals surface area contributed by atoms with E-state index < -0.39 is 6.10 Å². The fourth-order valence-electron chi connectivity index (χ4n) is 2.74. The number of hydrogen-bond donors (Lipinski definition) is 1. The van der Waals surface area contributed by atoms with E-state index in [1.54, 1.807) is 35.9 Å². The minimum absolute atomic E-state index is 0.0804. The molecule has 1 atom stereocenters. The Labute approximate surface area is 157 Å². The Morgan fingerprint density at radius 1 is 1.22 bits per heavy atom. The number of aliphatic hydroxyl groups excluding tert-OH is 1. The molecule has 4 rings (SSSR count). The van der Waals surface area contributed by atoms with Gasteiger partial charge in [0.15, 0.2) is 17.0 Å². The average Bonchev–Trinajstić information content (AvgIpc) is 3.25. The summed E-state index contributed by atoms with van der Waals surface area (Å²) in [5.74, 6) is 0.591. The maximum Gasteiger partial charge on any atom is 0.280 e. The number of fused-ring (bicyclic) bond motifs is 1. The number of aliphatic hydroxyl groups is 1. The molecule has 0 bridgehead atoms. The van der Waals surface area contributed by atoms with Crippen molar-refractivity contribution >= 4 is 22.8 Å². The topological polar surface area (TPSA) is 112 Å². The summed E-state index contributed by atoms with van der Waals surface area (Å²) < 4.78 is 8.19. The number of imidazole rings is 1. The van der Waals surface area contributed by atoms with Gasteiger partial charge in [-0.1, -0.05) is 28.9 Å². The molecular weight excluding hydrogens is 372 g/mol.